The molecule has 1 atom stereocenters. The molecule has 146 valence electrons. The zero-order valence-corrected chi connectivity index (χ0v) is 15.0. The van der Waals surface area contributed by atoms with Crippen LogP contribution in [0.25, 0.3) is 0 Å². The van der Waals surface area contributed by atoms with Gasteiger partial charge in [0.25, 0.3) is 0 Å². The van der Waals surface area contributed by atoms with Gasteiger partial charge in [-0.1, -0.05) is 13.0 Å². The number of carbonyl (C=O) groups excluding carboxylic acids is 3. The van der Waals surface area contributed by atoms with Gasteiger partial charge in [-0.3, -0.25) is 0 Å². The van der Waals surface area contributed by atoms with E-state index in [1.165, 1.54) is 18.2 Å². The molecule has 1 aliphatic rings. The van der Waals surface area contributed by atoms with Crippen molar-refractivity contribution in [1.29, 1.82) is 0 Å². The number of ether oxygens (including phenoxy) is 3. The van der Waals surface area contributed by atoms with Crippen LogP contribution < -0.4 is 15.4 Å². The van der Waals surface area contributed by atoms with E-state index >= 15 is 0 Å². The van der Waals surface area contributed by atoms with Crippen LogP contribution in [0.3, 0.4) is 0 Å². The molecule has 1 aliphatic heterocycles. The molecule has 0 saturated heterocycles. The molecule has 1 aromatic rings. The summed E-state index contributed by atoms with van der Waals surface area (Å²) in [5.74, 6) is -1.65. The molecule has 9 heteroatoms. The third-order valence-electron chi connectivity index (χ3n) is 3.68. The molecule has 0 radical (unpaired) electrons. The van der Waals surface area contributed by atoms with Crippen LogP contribution in [0.15, 0.2) is 35.5 Å². The summed E-state index contributed by atoms with van der Waals surface area (Å²) >= 11 is 0. The lowest BCUT2D eigenvalue weighted by atomic mass is 10.0. The molecule has 1 aromatic carbocycles. The van der Waals surface area contributed by atoms with E-state index in [1.807, 2.05) is 0 Å². The number of carbonyl (C=O) groups is 3. The zero-order chi connectivity index (χ0) is 19.8. The molecule has 2 N–H and O–H groups in total. The van der Waals surface area contributed by atoms with Gasteiger partial charge in [0.15, 0.2) is 6.61 Å². The zero-order valence-electron chi connectivity index (χ0n) is 15.0. The van der Waals surface area contributed by atoms with Crippen LogP contribution in [0.1, 0.15) is 20.3 Å². The van der Waals surface area contributed by atoms with Crippen molar-refractivity contribution in [3.8, 4) is 5.75 Å². The highest BCUT2D eigenvalue weighted by molar-refractivity contribution is 5.94. The summed E-state index contributed by atoms with van der Waals surface area (Å²) < 4.78 is 28.3. The Labute approximate surface area is 155 Å². The van der Waals surface area contributed by atoms with Gasteiger partial charge < -0.3 is 24.8 Å². The quantitative estimate of drug-likeness (QED) is 0.665. The molecule has 0 spiro atoms. The van der Waals surface area contributed by atoms with E-state index in [4.69, 9.17) is 14.2 Å². The van der Waals surface area contributed by atoms with E-state index in [-0.39, 0.29) is 30.2 Å². The number of nitrogens with one attached hydrogen (secondary N) is 2. The Hall–Kier alpha value is -3.10. The third kappa shape index (κ3) is 5.70. The third-order valence-corrected chi connectivity index (χ3v) is 3.68. The average Bonchev–Trinajstić information content (AvgIpc) is 2.64. The lowest BCUT2D eigenvalue weighted by Crippen LogP contribution is -2.51. The first-order valence-corrected chi connectivity index (χ1v) is 8.46. The average molecular weight is 380 g/mol. The van der Waals surface area contributed by atoms with Crippen molar-refractivity contribution in [2.24, 2.45) is 0 Å². The Morgan fingerprint density at radius 3 is 2.67 bits per heavy atom. The van der Waals surface area contributed by atoms with Crippen molar-refractivity contribution in [1.82, 2.24) is 10.6 Å². The number of hydrogen-bond acceptors (Lipinski definition) is 6. The van der Waals surface area contributed by atoms with Crippen LogP contribution in [0, 0.1) is 5.82 Å². The fraction of sp³-hybridized carbons (Fsp3) is 0.389. The van der Waals surface area contributed by atoms with Crippen molar-refractivity contribution in [2.75, 3.05) is 19.8 Å². The minimum Gasteiger partial charge on any atom is -0.482 e. The fourth-order valence-corrected chi connectivity index (χ4v) is 2.47. The van der Waals surface area contributed by atoms with Crippen molar-refractivity contribution in [2.45, 2.75) is 26.3 Å². The molecular weight excluding hydrogens is 359 g/mol. The van der Waals surface area contributed by atoms with Gasteiger partial charge in [0.1, 0.15) is 18.2 Å². The predicted molar refractivity (Wildman–Crippen MR) is 92.3 cm³/mol. The number of amides is 2. The number of benzene rings is 1. The van der Waals surface area contributed by atoms with Crippen LogP contribution in [0.5, 0.6) is 5.75 Å². The van der Waals surface area contributed by atoms with Gasteiger partial charge in [-0.2, -0.15) is 0 Å². The Morgan fingerprint density at radius 2 is 2.00 bits per heavy atom. The maximum absolute atomic E-state index is 13.1. The molecular formula is C18H21FN2O6. The standard InChI is InChI=1S/C18H21FN2O6/c1-3-13-16(17(23)25-4-2)14(21-18(24)20-13)9-27-15(22)10-26-12-7-5-6-11(19)8-12/h5-8,13H,3-4,9-10H2,1-2H3,(H2,20,21,24)/t13-/m1/s1. The molecule has 27 heavy (non-hydrogen) atoms. The van der Waals surface area contributed by atoms with Crippen molar-refractivity contribution >= 4 is 18.0 Å². The Balaban J connectivity index is 2.01. The fourth-order valence-electron chi connectivity index (χ4n) is 2.47. The van der Waals surface area contributed by atoms with Gasteiger partial charge in [0.2, 0.25) is 0 Å². The summed E-state index contributed by atoms with van der Waals surface area (Å²) in [7, 11) is 0. The van der Waals surface area contributed by atoms with Crippen molar-refractivity contribution in [3.05, 3.63) is 41.4 Å². The summed E-state index contributed by atoms with van der Waals surface area (Å²) in [6.07, 6.45) is 0.460. The lowest BCUT2D eigenvalue weighted by molar-refractivity contribution is -0.145. The van der Waals surface area contributed by atoms with Crippen LogP contribution in [0.2, 0.25) is 0 Å². The van der Waals surface area contributed by atoms with Gasteiger partial charge in [0, 0.05) is 6.07 Å². The summed E-state index contributed by atoms with van der Waals surface area (Å²) in [4.78, 5) is 35.8. The van der Waals surface area contributed by atoms with E-state index in [9.17, 15) is 18.8 Å². The van der Waals surface area contributed by atoms with Crippen LogP contribution in [0.4, 0.5) is 9.18 Å². The van der Waals surface area contributed by atoms with Crippen molar-refractivity contribution < 1.29 is 33.0 Å². The summed E-state index contributed by atoms with van der Waals surface area (Å²) in [5.41, 5.74) is 0.362. The van der Waals surface area contributed by atoms with Gasteiger partial charge in [-0.25, -0.2) is 18.8 Å². The number of halogens is 1. The highest BCUT2D eigenvalue weighted by Gasteiger charge is 2.32. The summed E-state index contributed by atoms with van der Waals surface area (Å²) in [6.45, 7) is 2.85. The molecule has 8 nitrogen and oxygen atoms in total. The Bertz CT molecular complexity index is 749. The number of hydrogen-bond donors (Lipinski definition) is 2. The summed E-state index contributed by atoms with van der Waals surface area (Å²) in [6, 6.07) is 4.27. The molecule has 2 rings (SSSR count). The molecule has 0 fully saturated rings. The number of esters is 2. The summed E-state index contributed by atoms with van der Waals surface area (Å²) in [5, 5.41) is 5.08. The largest absolute Gasteiger partial charge is 0.482 e. The van der Waals surface area contributed by atoms with E-state index < -0.39 is 36.4 Å². The lowest BCUT2D eigenvalue weighted by Gasteiger charge is -2.28. The normalized spacial score (nSPS) is 16.3. The molecule has 0 bridgehead atoms. The highest BCUT2D eigenvalue weighted by Crippen LogP contribution is 2.17. The first-order valence-electron chi connectivity index (χ1n) is 8.46. The molecule has 0 aliphatic carbocycles. The van der Waals surface area contributed by atoms with Crippen molar-refractivity contribution in [3.63, 3.8) is 0 Å². The number of rotatable bonds is 8. The van der Waals surface area contributed by atoms with E-state index in [1.54, 1.807) is 13.8 Å². The van der Waals surface area contributed by atoms with E-state index in [0.29, 0.717) is 6.42 Å². The first kappa shape index (κ1) is 20.2. The van der Waals surface area contributed by atoms with E-state index in [2.05, 4.69) is 10.6 Å². The first-order chi connectivity index (χ1) is 12.9. The van der Waals surface area contributed by atoms with Gasteiger partial charge in [-0.05, 0) is 25.5 Å². The molecule has 0 aromatic heterocycles. The monoisotopic (exact) mass is 380 g/mol. The maximum Gasteiger partial charge on any atom is 0.344 e. The molecule has 0 saturated carbocycles. The van der Waals surface area contributed by atoms with Gasteiger partial charge in [0.05, 0.1) is 23.9 Å². The minimum atomic E-state index is -0.740. The highest BCUT2D eigenvalue weighted by atomic mass is 19.1. The van der Waals surface area contributed by atoms with Gasteiger partial charge >= 0.3 is 18.0 Å². The number of urea groups is 1. The Kier molecular flexibility index (Phi) is 7.16. The smallest absolute Gasteiger partial charge is 0.344 e. The van der Waals surface area contributed by atoms with E-state index in [0.717, 1.165) is 6.07 Å². The second-order valence-electron chi connectivity index (χ2n) is 5.58. The van der Waals surface area contributed by atoms with Crippen LogP contribution in [-0.2, 0) is 19.1 Å². The molecule has 1 heterocycles. The second kappa shape index (κ2) is 9.56. The predicted octanol–water partition coefficient (Wildman–Crippen LogP) is 1.66. The minimum absolute atomic E-state index is 0.156. The molecule has 2 amide bonds. The van der Waals surface area contributed by atoms with Crippen LogP contribution >= 0.6 is 0 Å². The SMILES string of the molecule is CCOC(=O)C1=C(COC(=O)COc2cccc(F)c2)NC(=O)N[C@@H]1CC. The van der Waals surface area contributed by atoms with Crippen LogP contribution in [-0.4, -0.2) is 43.8 Å². The van der Waals surface area contributed by atoms with Gasteiger partial charge in [-0.15, -0.1) is 0 Å². The topological polar surface area (TPSA) is 103 Å². The Morgan fingerprint density at radius 1 is 1.22 bits per heavy atom. The maximum atomic E-state index is 13.1. The second-order valence-corrected chi connectivity index (χ2v) is 5.58. The molecule has 0 unspecified atom stereocenters.